The van der Waals surface area contributed by atoms with E-state index >= 15 is 0 Å². The third-order valence-corrected chi connectivity index (χ3v) is 6.88. The fourth-order valence-electron chi connectivity index (χ4n) is 5.23. The van der Waals surface area contributed by atoms with Crippen molar-refractivity contribution in [3.63, 3.8) is 0 Å². The van der Waals surface area contributed by atoms with Gasteiger partial charge in [0.2, 0.25) is 0 Å². The Kier molecular flexibility index (Phi) is 7.35. The van der Waals surface area contributed by atoms with E-state index in [0.29, 0.717) is 12.6 Å². The Morgan fingerprint density at radius 1 is 1.09 bits per heavy atom. The summed E-state index contributed by atoms with van der Waals surface area (Å²) >= 11 is 0. The second-order valence-corrected chi connectivity index (χ2v) is 9.30. The SMILES string of the molecule is Cc1nc(N)[nH+]c2c1/C(=N/OCCCN1CCOCC1)CC(c1ccccc1-c1ccccc1)C2. The number of rotatable bonds is 7. The fourth-order valence-corrected chi connectivity index (χ4v) is 5.23. The van der Waals surface area contributed by atoms with Gasteiger partial charge in [0.15, 0.2) is 0 Å². The van der Waals surface area contributed by atoms with E-state index in [4.69, 9.17) is 15.3 Å². The largest absolute Gasteiger partial charge is 0.396 e. The molecule has 1 aliphatic carbocycles. The number of nitrogen functional groups attached to an aromatic ring is 1. The number of hydrogen-bond acceptors (Lipinski definition) is 6. The zero-order valence-electron chi connectivity index (χ0n) is 20.4. The molecule has 7 nitrogen and oxygen atoms in total. The van der Waals surface area contributed by atoms with E-state index in [1.807, 2.05) is 6.92 Å². The number of anilines is 1. The van der Waals surface area contributed by atoms with Crippen LogP contribution in [-0.2, 0) is 16.0 Å². The summed E-state index contributed by atoms with van der Waals surface area (Å²) in [5.41, 5.74) is 13.8. The molecule has 0 spiro atoms. The molecule has 0 saturated carbocycles. The van der Waals surface area contributed by atoms with Crippen LogP contribution in [0.25, 0.3) is 11.1 Å². The number of hydrogen-bond donors (Lipinski definition) is 1. The first-order valence-electron chi connectivity index (χ1n) is 12.5. The van der Waals surface area contributed by atoms with Gasteiger partial charge in [0.25, 0.3) is 0 Å². The highest BCUT2D eigenvalue weighted by atomic mass is 16.6. The normalized spacial score (nSPS) is 19.5. The molecule has 1 unspecified atom stereocenters. The van der Waals surface area contributed by atoms with Crippen molar-refractivity contribution in [3.05, 3.63) is 77.1 Å². The van der Waals surface area contributed by atoms with Gasteiger partial charge in [0.05, 0.1) is 30.2 Å². The standard InChI is InChI=1S/C28H33N5O2/c1-20-27-25(31-28(29)30-20)18-22(24-11-6-5-10-23(24)21-8-3-2-4-9-21)19-26(27)32-35-15-7-12-33-13-16-34-17-14-33/h2-6,8-11,22H,7,12-19H2,1H3,(H2,29,30,31)/p+1/b32-26+. The van der Waals surface area contributed by atoms with Gasteiger partial charge in [0.1, 0.15) is 12.3 Å². The maximum absolute atomic E-state index is 6.09. The molecule has 0 bridgehead atoms. The molecule has 35 heavy (non-hydrogen) atoms. The molecule has 0 radical (unpaired) electrons. The summed E-state index contributed by atoms with van der Waals surface area (Å²) in [4.78, 5) is 16.1. The molecule has 3 N–H and O–H groups in total. The van der Waals surface area contributed by atoms with Crippen LogP contribution in [0.3, 0.4) is 0 Å². The summed E-state index contributed by atoms with van der Waals surface area (Å²) in [6, 6.07) is 19.2. The van der Waals surface area contributed by atoms with Crippen molar-refractivity contribution in [1.29, 1.82) is 0 Å². The van der Waals surface area contributed by atoms with Crippen molar-refractivity contribution in [2.75, 3.05) is 45.2 Å². The number of aromatic nitrogens is 2. The van der Waals surface area contributed by atoms with Crippen LogP contribution < -0.4 is 10.7 Å². The third kappa shape index (κ3) is 5.52. The highest BCUT2D eigenvalue weighted by Gasteiger charge is 2.32. The zero-order chi connectivity index (χ0) is 24.0. The number of benzene rings is 2. The van der Waals surface area contributed by atoms with Crippen molar-refractivity contribution < 1.29 is 14.6 Å². The monoisotopic (exact) mass is 472 g/mol. The number of nitrogens with zero attached hydrogens (tertiary/aromatic N) is 3. The van der Waals surface area contributed by atoms with Crippen molar-refractivity contribution in [2.24, 2.45) is 5.16 Å². The van der Waals surface area contributed by atoms with Gasteiger partial charge in [-0.3, -0.25) is 10.6 Å². The van der Waals surface area contributed by atoms with Crippen LogP contribution in [0, 0.1) is 6.92 Å². The average Bonchev–Trinajstić information content (AvgIpc) is 2.89. The molecule has 2 heterocycles. The van der Waals surface area contributed by atoms with E-state index in [2.05, 4.69) is 74.6 Å². The van der Waals surface area contributed by atoms with E-state index in [-0.39, 0.29) is 5.92 Å². The van der Waals surface area contributed by atoms with Gasteiger partial charge >= 0.3 is 5.95 Å². The Morgan fingerprint density at radius 2 is 1.86 bits per heavy atom. The maximum atomic E-state index is 6.09. The highest BCUT2D eigenvalue weighted by Crippen LogP contribution is 2.37. The Bertz CT molecular complexity index is 1180. The summed E-state index contributed by atoms with van der Waals surface area (Å²) in [5, 5.41) is 4.65. The number of ether oxygens (including phenoxy) is 1. The van der Waals surface area contributed by atoms with Crippen molar-refractivity contribution in [3.8, 4) is 11.1 Å². The van der Waals surface area contributed by atoms with Crippen LogP contribution in [0.4, 0.5) is 5.95 Å². The molecule has 2 aromatic carbocycles. The number of nitrogens with two attached hydrogens (primary N) is 1. The molecule has 1 aromatic heterocycles. The van der Waals surface area contributed by atoms with E-state index in [0.717, 1.165) is 74.8 Å². The second-order valence-electron chi connectivity index (χ2n) is 9.30. The summed E-state index contributed by atoms with van der Waals surface area (Å²) in [7, 11) is 0. The lowest BCUT2D eigenvalue weighted by Crippen LogP contribution is -2.37. The molecule has 7 heteroatoms. The van der Waals surface area contributed by atoms with E-state index in [9.17, 15) is 0 Å². The predicted molar refractivity (Wildman–Crippen MR) is 137 cm³/mol. The van der Waals surface area contributed by atoms with Gasteiger partial charge in [-0.05, 0) is 36.0 Å². The van der Waals surface area contributed by atoms with Crippen LogP contribution in [0.1, 0.15) is 41.3 Å². The Labute approximate surface area is 207 Å². The van der Waals surface area contributed by atoms with E-state index < -0.39 is 0 Å². The third-order valence-electron chi connectivity index (χ3n) is 6.88. The summed E-state index contributed by atoms with van der Waals surface area (Å²) in [5.74, 6) is 0.691. The van der Waals surface area contributed by atoms with Gasteiger partial charge in [0, 0.05) is 32.5 Å². The van der Waals surface area contributed by atoms with Gasteiger partial charge in [-0.1, -0.05) is 64.7 Å². The first-order valence-corrected chi connectivity index (χ1v) is 12.5. The lowest BCUT2D eigenvalue weighted by molar-refractivity contribution is -0.378. The van der Waals surface area contributed by atoms with Gasteiger partial charge < -0.3 is 9.57 Å². The number of fused-ring (bicyclic) bond motifs is 1. The van der Waals surface area contributed by atoms with Crippen LogP contribution in [0.5, 0.6) is 0 Å². The fraction of sp³-hybridized carbons (Fsp3) is 0.393. The molecular weight excluding hydrogens is 438 g/mol. The summed E-state index contributed by atoms with van der Waals surface area (Å²) < 4.78 is 5.43. The van der Waals surface area contributed by atoms with E-state index in [1.165, 1.54) is 16.7 Å². The smallest absolute Gasteiger partial charge is 0.387 e. The van der Waals surface area contributed by atoms with Gasteiger partial charge in [-0.25, -0.2) is 4.98 Å². The highest BCUT2D eigenvalue weighted by molar-refractivity contribution is 6.03. The predicted octanol–water partition coefficient (Wildman–Crippen LogP) is 3.63. The minimum atomic E-state index is 0.257. The molecule has 182 valence electrons. The van der Waals surface area contributed by atoms with Crippen molar-refractivity contribution >= 4 is 11.7 Å². The van der Waals surface area contributed by atoms with Crippen molar-refractivity contribution in [1.82, 2.24) is 9.88 Å². The topological polar surface area (TPSA) is 87.1 Å². The molecule has 0 amide bonds. The lowest BCUT2D eigenvalue weighted by Gasteiger charge is -2.27. The molecule has 1 aliphatic heterocycles. The quantitative estimate of drug-likeness (QED) is 0.419. The first kappa shape index (κ1) is 23.5. The van der Waals surface area contributed by atoms with Crippen LogP contribution >= 0.6 is 0 Å². The Morgan fingerprint density at radius 3 is 2.69 bits per heavy atom. The molecule has 1 fully saturated rings. The molecule has 1 saturated heterocycles. The number of nitrogens with one attached hydrogen (secondary N) is 1. The minimum absolute atomic E-state index is 0.257. The first-order chi connectivity index (χ1) is 17.2. The van der Waals surface area contributed by atoms with Gasteiger partial charge in [-0.2, -0.15) is 0 Å². The number of H-pyrrole nitrogens is 1. The second kappa shape index (κ2) is 11.0. The number of aromatic amines is 1. The molecule has 5 rings (SSSR count). The van der Waals surface area contributed by atoms with E-state index in [1.54, 1.807) is 0 Å². The Hall–Kier alpha value is -3.29. The average molecular weight is 473 g/mol. The number of aryl methyl sites for hydroxylation is 1. The van der Waals surface area contributed by atoms with Crippen LogP contribution in [0.2, 0.25) is 0 Å². The minimum Gasteiger partial charge on any atom is -0.396 e. The van der Waals surface area contributed by atoms with Gasteiger partial charge in [-0.15, -0.1) is 0 Å². The number of oxime groups is 1. The molecule has 1 atom stereocenters. The number of morpholine rings is 1. The van der Waals surface area contributed by atoms with Crippen LogP contribution in [-0.4, -0.2) is 55.1 Å². The summed E-state index contributed by atoms with van der Waals surface area (Å²) in [6.45, 7) is 7.21. The molecule has 2 aliphatic rings. The maximum Gasteiger partial charge on any atom is 0.387 e. The summed E-state index contributed by atoms with van der Waals surface area (Å²) in [6.07, 6.45) is 2.58. The van der Waals surface area contributed by atoms with Crippen molar-refractivity contribution in [2.45, 2.75) is 32.1 Å². The lowest BCUT2D eigenvalue weighted by atomic mass is 9.78. The van der Waals surface area contributed by atoms with Crippen LogP contribution in [0.15, 0.2) is 59.8 Å². The Balaban J connectivity index is 1.38. The zero-order valence-corrected chi connectivity index (χ0v) is 20.4. The molecular formula is C28H34N5O2+. The molecule has 3 aromatic rings.